The minimum Gasteiger partial charge on any atom is -0.492 e. The van der Waals surface area contributed by atoms with E-state index >= 15 is 0 Å². The van der Waals surface area contributed by atoms with Crippen LogP contribution in [0.4, 0.5) is 19.1 Å². The van der Waals surface area contributed by atoms with Crippen LogP contribution >= 0.6 is 27.5 Å². The third-order valence-corrected chi connectivity index (χ3v) is 5.43. The van der Waals surface area contributed by atoms with Gasteiger partial charge < -0.3 is 19.9 Å². The van der Waals surface area contributed by atoms with Crippen molar-refractivity contribution in [2.45, 2.75) is 25.6 Å². The Kier molecular flexibility index (Phi) is 9.71. The molecule has 2 aromatic carbocycles. The molecular formula is C23H21BrClF3N4O4. The Labute approximate surface area is 218 Å². The largest absolute Gasteiger partial charge is 0.492 e. The number of alkyl halides is 4. The van der Waals surface area contributed by atoms with E-state index < -0.39 is 24.8 Å². The topological polar surface area (TPSA) is 106 Å². The molecule has 192 valence electrons. The zero-order chi connectivity index (χ0) is 26.1. The van der Waals surface area contributed by atoms with Crippen LogP contribution in [0.5, 0.6) is 11.8 Å². The molecule has 13 heteroatoms. The number of rotatable bonds is 12. The first-order valence-electron chi connectivity index (χ1n) is 10.6. The Morgan fingerprint density at radius 2 is 1.78 bits per heavy atom. The Balaban J connectivity index is 1.75. The van der Waals surface area contributed by atoms with Crippen LogP contribution in [0.2, 0.25) is 5.02 Å². The average Bonchev–Trinajstić information content (AvgIpc) is 2.83. The molecule has 0 saturated heterocycles. The Bertz CT molecular complexity index is 1180. The predicted molar refractivity (Wildman–Crippen MR) is 130 cm³/mol. The molecule has 0 amide bonds. The molecule has 8 nitrogen and oxygen atoms in total. The fourth-order valence-electron chi connectivity index (χ4n) is 2.90. The van der Waals surface area contributed by atoms with Crippen LogP contribution in [0.25, 0.3) is 0 Å². The van der Waals surface area contributed by atoms with Crippen molar-refractivity contribution in [3.05, 3.63) is 70.0 Å². The molecule has 2 N–H and O–H groups in total. The van der Waals surface area contributed by atoms with E-state index in [4.69, 9.17) is 26.2 Å². The van der Waals surface area contributed by atoms with Crippen LogP contribution in [0, 0.1) is 0 Å². The summed E-state index contributed by atoms with van der Waals surface area (Å²) in [5.41, 5.74) is 1.52. The van der Waals surface area contributed by atoms with Crippen LogP contribution in [-0.4, -0.2) is 50.7 Å². The molecule has 3 rings (SSSR count). The van der Waals surface area contributed by atoms with Crippen molar-refractivity contribution in [2.24, 2.45) is 0 Å². The Hall–Kier alpha value is -3.12. The van der Waals surface area contributed by atoms with Gasteiger partial charge in [-0.25, -0.2) is 4.79 Å². The number of benzene rings is 2. The van der Waals surface area contributed by atoms with Crippen LogP contribution < -0.4 is 14.8 Å². The number of hydrogen-bond donors (Lipinski definition) is 2. The van der Waals surface area contributed by atoms with E-state index in [0.717, 1.165) is 17.3 Å². The first-order chi connectivity index (χ1) is 17.1. The second kappa shape index (κ2) is 12.7. The molecule has 1 aromatic heterocycles. The third kappa shape index (κ3) is 8.83. The van der Waals surface area contributed by atoms with Gasteiger partial charge in [-0.15, -0.1) is 0 Å². The van der Waals surface area contributed by atoms with Crippen molar-refractivity contribution in [1.82, 2.24) is 15.0 Å². The van der Waals surface area contributed by atoms with Gasteiger partial charge in [0.15, 0.2) is 6.61 Å². The smallest absolute Gasteiger partial charge is 0.422 e. The molecule has 0 aliphatic rings. The highest BCUT2D eigenvalue weighted by Crippen LogP contribution is 2.26. The zero-order valence-corrected chi connectivity index (χ0v) is 21.0. The zero-order valence-electron chi connectivity index (χ0n) is 18.7. The molecule has 0 aliphatic heterocycles. The van der Waals surface area contributed by atoms with E-state index in [1.54, 1.807) is 30.3 Å². The lowest BCUT2D eigenvalue weighted by Crippen LogP contribution is -2.21. The van der Waals surface area contributed by atoms with Gasteiger partial charge in [0.1, 0.15) is 11.6 Å². The fraction of sp³-hybridized carbons (Fsp3) is 0.304. The van der Waals surface area contributed by atoms with Gasteiger partial charge in [0.25, 0.3) is 0 Å². The summed E-state index contributed by atoms with van der Waals surface area (Å²) in [6, 6.07) is 10.7. The Morgan fingerprint density at radius 3 is 2.42 bits per heavy atom. The van der Waals surface area contributed by atoms with Gasteiger partial charge in [-0.1, -0.05) is 45.7 Å². The maximum Gasteiger partial charge on any atom is 0.422 e. The SMILES string of the molecule is O=C(O)c1ccc(Cc2nc(NCc3ccc(OCCCBr)c(Cl)c3)nc(OCC(F)(F)F)n2)cc1. The molecule has 0 aliphatic carbocycles. The molecule has 0 atom stereocenters. The van der Waals surface area contributed by atoms with Crippen molar-refractivity contribution < 1.29 is 32.5 Å². The number of aromatic carboxylic acids is 1. The molecule has 0 spiro atoms. The normalized spacial score (nSPS) is 11.2. The Morgan fingerprint density at radius 1 is 1.06 bits per heavy atom. The average molecular weight is 590 g/mol. The number of nitrogens with zero attached hydrogens (tertiary/aromatic N) is 3. The summed E-state index contributed by atoms with van der Waals surface area (Å²) in [6.07, 6.45) is -3.63. The second-order valence-electron chi connectivity index (χ2n) is 7.45. The van der Waals surface area contributed by atoms with Crippen LogP contribution in [0.3, 0.4) is 0 Å². The molecule has 36 heavy (non-hydrogen) atoms. The van der Waals surface area contributed by atoms with Crippen LogP contribution in [0.15, 0.2) is 42.5 Å². The van der Waals surface area contributed by atoms with E-state index in [9.17, 15) is 18.0 Å². The third-order valence-electron chi connectivity index (χ3n) is 4.57. The molecule has 0 fully saturated rings. The summed E-state index contributed by atoms with van der Waals surface area (Å²) in [6.45, 7) is -0.831. The lowest BCUT2D eigenvalue weighted by molar-refractivity contribution is -0.154. The number of halogens is 5. The number of carboxylic acid groups (broad SMARTS) is 1. The highest BCUT2D eigenvalue weighted by Gasteiger charge is 2.29. The van der Waals surface area contributed by atoms with Gasteiger partial charge in [-0.3, -0.25) is 0 Å². The number of aromatic nitrogens is 3. The summed E-state index contributed by atoms with van der Waals surface area (Å²) in [7, 11) is 0. The van der Waals surface area contributed by atoms with Crippen molar-refractivity contribution in [2.75, 3.05) is 23.9 Å². The van der Waals surface area contributed by atoms with Gasteiger partial charge >= 0.3 is 18.2 Å². The molecule has 0 radical (unpaired) electrons. The van der Waals surface area contributed by atoms with E-state index in [1.807, 2.05) is 0 Å². The number of hydrogen-bond acceptors (Lipinski definition) is 7. The fourth-order valence-corrected chi connectivity index (χ4v) is 3.39. The highest BCUT2D eigenvalue weighted by molar-refractivity contribution is 9.09. The maximum absolute atomic E-state index is 12.6. The quantitative estimate of drug-likeness (QED) is 0.210. The second-order valence-corrected chi connectivity index (χ2v) is 8.65. The standard InChI is InChI=1S/C23H21BrClF3N4O4/c24-8-1-9-35-18-7-4-15(10-17(18)25)12-29-21-30-19(31-22(32-21)36-13-23(26,27)28)11-14-2-5-16(6-3-14)20(33)34/h2-7,10H,1,8-9,11-13H2,(H,33,34)(H,29,30,31,32). The van der Waals surface area contributed by atoms with Crippen molar-refractivity contribution in [1.29, 1.82) is 0 Å². The minimum absolute atomic E-state index is 0.00750. The maximum atomic E-state index is 12.6. The lowest BCUT2D eigenvalue weighted by Gasteiger charge is -2.12. The number of carbonyl (C=O) groups is 1. The van der Waals surface area contributed by atoms with E-state index in [1.165, 1.54) is 12.1 Å². The van der Waals surface area contributed by atoms with Gasteiger partial charge in [-0.2, -0.15) is 28.1 Å². The molecule has 0 bridgehead atoms. The number of carboxylic acids is 1. The summed E-state index contributed by atoms with van der Waals surface area (Å²) < 4.78 is 48.3. The molecule has 0 saturated carbocycles. The van der Waals surface area contributed by atoms with Crippen molar-refractivity contribution in [3.63, 3.8) is 0 Å². The monoisotopic (exact) mass is 588 g/mol. The van der Waals surface area contributed by atoms with Crippen LogP contribution in [0.1, 0.15) is 33.7 Å². The number of ether oxygens (including phenoxy) is 2. The highest BCUT2D eigenvalue weighted by atomic mass is 79.9. The summed E-state index contributed by atoms with van der Waals surface area (Å²) in [4.78, 5) is 23.2. The lowest BCUT2D eigenvalue weighted by atomic mass is 10.1. The molecule has 0 unspecified atom stereocenters. The number of anilines is 1. The number of nitrogens with one attached hydrogen (secondary N) is 1. The molecule has 1 heterocycles. The first-order valence-corrected chi connectivity index (χ1v) is 12.1. The van der Waals surface area contributed by atoms with Gasteiger partial charge in [-0.05, 0) is 41.8 Å². The predicted octanol–water partition coefficient (Wildman–Crippen LogP) is 5.53. The van der Waals surface area contributed by atoms with E-state index in [0.29, 0.717) is 22.9 Å². The van der Waals surface area contributed by atoms with Gasteiger partial charge in [0.2, 0.25) is 5.95 Å². The molecular weight excluding hydrogens is 569 g/mol. The van der Waals surface area contributed by atoms with Gasteiger partial charge in [0, 0.05) is 18.3 Å². The van der Waals surface area contributed by atoms with E-state index in [-0.39, 0.29) is 30.3 Å². The summed E-state index contributed by atoms with van der Waals surface area (Å²) >= 11 is 9.60. The molecule has 3 aromatic rings. The van der Waals surface area contributed by atoms with Crippen molar-refractivity contribution in [3.8, 4) is 11.8 Å². The van der Waals surface area contributed by atoms with E-state index in [2.05, 4.69) is 36.2 Å². The van der Waals surface area contributed by atoms with Gasteiger partial charge in [0.05, 0.1) is 17.2 Å². The van der Waals surface area contributed by atoms with Crippen LogP contribution in [-0.2, 0) is 13.0 Å². The first kappa shape index (κ1) is 27.5. The van der Waals surface area contributed by atoms with Crippen molar-refractivity contribution >= 4 is 39.4 Å². The minimum atomic E-state index is -4.57. The summed E-state index contributed by atoms with van der Waals surface area (Å²) in [5, 5.41) is 13.2. The summed E-state index contributed by atoms with van der Waals surface area (Å²) in [5.74, 6) is -0.385.